The summed E-state index contributed by atoms with van der Waals surface area (Å²) in [7, 11) is 0. The Morgan fingerprint density at radius 2 is 2.24 bits per heavy atom. The van der Waals surface area contributed by atoms with Gasteiger partial charge in [-0.05, 0) is 24.8 Å². The molecule has 17 heavy (non-hydrogen) atoms. The number of rotatable bonds is 8. The van der Waals surface area contributed by atoms with Crippen molar-refractivity contribution in [1.82, 2.24) is 5.32 Å². The fourth-order valence-electron chi connectivity index (χ4n) is 1.85. The average Bonchev–Trinajstić information content (AvgIpc) is 2.77. The fourth-order valence-corrected chi connectivity index (χ4v) is 2.55. The zero-order valence-corrected chi connectivity index (χ0v) is 11.7. The summed E-state index contributed by atoms with van der Waals surface area (Å²) in [4.78, 5) is 12.8. The lowest BCUT2D eigenvalue weighted by Gasteiger charge is -2.13. The van der Waals surface area contributed by atoms with Crippen LogP contribution in [0.4, 0.5) is 0 Å². The Labute approximate surface area is 108 Å². The molecule has 1 rings (SSSR count). The van der Waals surface area contributed by atoms with Crippen molar-refractivity contribution in [2.24, 2.45) is 0 Å². The van der Waals surface area contributed by atoms with Gasteiger partial charge in [-0.15, -0.1) is 11.3 Å². The van der Waals surface area contributed by atoms with Crippen molar-refractivity contribution in [1.29, 1.82) is 0 Å². The second-order valence-corrected chi connectivity index (χ2v) is 5.61. The lowest BCUT2D eigenvalue weighted by atomic mass is 10.1. The van der Waals surface area contributed by atoms with Crippen LogP contribution in [0.3, 0.4) is 0 Å². The van der Waals surface area contributed by atoms with E-state index in [9.17, 15) is 4.79 Å². The number of thiophene rings is 1. The maximum absolute atomic E-state index is 11.7. The third-order valence-electron chi connectivity index (χ3n) is 2.81. The summed E-state index contributed by atoms with van der Waals surface area (Å²) in [5.41, 5.74) is 0. The molecule has 1 heterocycles. The van der Waals surface area contributed by atoms with E-state index < -0.39 is 0 Å². The minimum atomic E-state index is 0.149. The molecule has 0 aliphatic heterocycles. The van der Waals surface area contributed by atoms with Crippen LogP contribution in [0.25, 0.3) is 0 Å². The summed E-state index contributed by atoms with van der Waals surface area (Å²) in [6.07, 6.45) is 6.68. The van der Waals surface area contributed by atoms with Crippen LogP contribution in [0.5, 0.6) is 0 Å². The molecular formula is C14H23NOS. The first-order valence-corrected chi connectivity index (χ1v) is 7.42. The molecule has 0 saturated heterocycles. The molecule has 3 heteroatoms. The number of hydrogen-bond acceptors (Lipinski definition) is 2. The van der Waals surface area contributed by atoms with E-state index >= 15 is 0 Å². The zero-order chi connectivity index (χ0) is 12.5. The molecule has 0 aliphatic rings. The Bertz CT molecular complexity index is 308. The Kier molecular flexibility index (Phi) is 6.94. The largest absolute Gasteiger partial charge is 0.353 e. The third kappa shape index (κ3) is 6.47. The molecule has 0 spiro atoms. The van der Waals surface area contributed by atoms with Gasteiger partial charge in [-0.3, -0.25) is 4.79 Å². The van der Waals surface area contributed by atoms with Crippen molar-refractivity contribution in [3.05, 3.63) is 22.4 Å². The fraction of sp³-hybridized carbons (Fsp3) is 0.643. The average molecular weight is 253 g/mol. The van der Waals surface area contributed by atoms with Crippen molar-refractivity contribution < 1.29 is 4.79 Å². The zero-order valence-electron chi connectivity index (χ0n) is 10.9. The van der Waals surface area contributed by atoms with Gasteiger partial charge in [0.1, 0.15) is 0 Å². The quantitative estimate of drug-likeness (QED) is 0.702. The molecule has 0 fully saturated rings. The van der Waals surface area contributed by atoms with Crippen molar-refractivity contribution in [3.8, 4) is 0 Å². The standard InChI is InChI=1S/C14H23NOS/c1-3-4-5-6-8-12(2)15-14(16)11-13-9-7-10-17-13/h7,9-10,12H,3-6,8,11H2,1-2H3,(H,15,16)/t12-/m1/s1. The molecule has 0 bridgehead atoms. The molecule has 1 aromatic rings. The highest BCUT2D eigenvalue weighted by Gasteiger charge is 2.08. The van der Waals surface area contributed by atoms with E-state index in [0.29, 0.717) is 12.5 Å². The van der Waals surface area contributed by atoms with Gasteiger partial charge in [-0.25, -0.2) is 0 Å². The van der Waals surface area contributed by atoms with Gasteiger partial charge in [0, 0.05) is 10.9 Å². The van der Waals surface area contributed by atoms with E-state index in [4.69, 9.17) is 0 Å². The number of carbonyl (C=O) groups is 1. The first-order chi connectivity index (χ1) is 8.22. The van der Waals surface area contributed by atoms with Crippen molar-refractivity contribution >= 4 is 17.2 Å². The van der Waals surface area contributed by atoms with Crippen molar-refractivity contribution in [3.63, 3.8) is 0 Å². The van der Waals surface area contributed by atoms with Crippen LogP contribution in [0.2, 0.25) is 0 Å². The number of unbranched alkanes of at least 4 members (excludes halogenated alkanes) is 3. The van der Waals surface area contributed by atoms with Crippen LogP contribution in [0.1, 0.15) is 50.8 Å². The van der Waals surface area contributed by atoms with Crippen LogP contribution >= 0.6 is 11.3 Å². The molecule has 0 aliphatic carbocycles. The molecule has 96 valence electrons. The number of hydrogen-bond donors (Lipinski definition) is 1. The van der Waals surface area contributed by atoms with Crippen LogP contribution in [0, 0.1) is 0 Å². The van der Waals surface area contributed by atoms with Gasteiger partial charge in [-0.1, -0.05) is 38.7 Å². The molecular weight excluding hydrogens is 230 g/mol. The van der Waals surface area contributed by atoms with Crippen molar-refractivity contribution in [2.45, 2.75) is 58.4 Å². The Balaban J connectivity index is 2.13. The van der Waals surface area contributed by atoms with Crippen molar-refractivity contribution in [2.75, 3.05) is 0 Å². The number of nitrogens with one attached hydrogen (secondary N) is 1. The first kappa shape index (κ1) is 14.2. The topological polar surface area (TPSA) is 29.1 Å². The molecule has 1 atom stereocenters. The van der Waals surface area contributed by atoms with E-state index in [0.717, 1.165) is 11.3 Å². The van der Waals surface area contributed by atoms with Gasteiger partial charge in [0.25, 0.3) is 0 Å². The van der Waals surface area contributed by atoms with Crippen LogP contribution in [-0.4, -0.2) is 11.9 Å². The van der Waals surface area contributed by atoms with Gasteiger partial charge >= 0.3 is 0 Å². The maximum Gasteiger partial charge on any atom is 0.225 e. The van der Waals surface area contributed by atoms with Gasteiger partial charge < -0.3 is 5.32 Å². The van der Waals surface area contributed by atoms with E-state index in [1.54, 1.807) is 11.3 Å². The predicted octanol–water partition coefficient (Wildman–Crippen LogP) is 3.77. The maximum atomic E-state index is 11.7. The molecule has 1 amide bonds. The highest BCUT2D eigenvalue weighted by molar-refractivity contribution is 7.10. The van der Waals surface area contributed by atoms with Crippen LogP contribution in [0.15, 0.2) is 17.5 Å². The normalized spacial score (nSPS) is 12.4. The van der Waals surface area contributed by atoms with Crippen LogP contribution in [-0.2, 0) is 11.2 Å². The SMILES string of the molecule is CCCCCC[C@@H](C)NC(=O)Cc1cccs1. The molecule has 1 aromatic heterocycles. The Morgan fingerprint density at radius 1 is 1.41 bits per heavy atom. The minimum Gasteiger partial charge on any atom is -0.353 e. The van der Waals surface area contributed by atoms with Crippen LogP contribution < -0.4 is 5.32 Å². The Hall–Kier alpha value is -0.830. The molecule has 0 unspecified atom stereocenters. The van der Waals surface area contributed by atoms with Gasteiger partial charge in [0.2, 0.25) is 5.91 Å². The minimum absolute atomic E-state index is 0.149. The lowest BCUT2D eigenvalue weighted by molar-refractivity contribution is -0.121. The molecule has 0 saturated carbocycles. The number of amides is 1. The van der Waals surface area contributed by atoms with E-state index in [1.165, 1.54) is 25.7 Å². The van der Waals surface area contributed by atoms with E-state index in [-0.39, 0.29) is 5.91 Å². The molecule has 0 aromatic carbocycles. The summed E-state index contributed by atoms with van der Waals surface area (Å²) in [5, 5.41) is 5.07. The third-order valence-corrected chi connectivity index (χ3v) is 3.69. The Morgan fingerprint density at radius 3 is 2.88 bits per heavy atom. The second kappa shape index (κ2) is 8.29. The molecule has 0 radical (unpaired) electrons. The summed E-state index contributed by atoms with van der Waals surface area (Å²) in [6.45, 7) is 4.31. The lowest BCUT2D eigenvalue weighted by Crippen LogP contribution is -2.33. The summed E-state index contributed by atoms with van der Waals surface area (Å²) in [6, 6.07) is 4.30. The number of carbonyl (C=O) groups excluding carboxylic acids is 1. The van der Waals surface area contributed by atoms with E-state index in [2.05, 4.69) is 19.2 Å². The predicted molar refractivity (Wildman–Crippen MR) is 74.4 cm³/mol. The molecule has 2 nitrogen and oxygen atoms in total. The highest BCUT2D eigenvalue weighted by Crippen LogP contribution is 2.10. The van der Waals surface area contributed by atoms with Gasteiger partial charge in [0.05, 0.1) is 6.42 Å². The first-order valence-electron chi connectivity index (χ1n) is 6.54. The summed E-state index contributed by atoms with van der Waals surface area (Å²) in [5.74, 6) is 0.149. The monoisotopic (exact) mass is 253 g/mol. The smallest absolute Gasteiger partial charge is 0.225 e. The highest BCUT2D eigenvalue weighted by atomic mass is 32.1. The van der Waals surface area contributed by atoms with E-state index in [1.807, 2.05) is 17.5 Å². The molecule has 1 N–H and O–H groups in total. The second-order valence-electron chi connectivity index (χ2n) is 4.57. The van der Waals surface area contributed by atoms with Gasteiger partial charge in [0.15, 0.2) is 0 Å². The summed E-state index contributed by atoms with van der Waals surface area (Å²) < 4.78 is 0. The summed E-state index contributed by atoms with van der Waals surface area (Å²) >= 11 is 1.64. The van der Waals surface area contributed by atoms with Gasteiger partial charge in [-0.2, -0.15) is 0 Å².